The van der Waals surface area contributed by atoms with Crippen LogP contribution in [-0.2, 0) is 32.5 Å². The van der Waals surface area contributed by atoms with E-state index >= 15 is 0 Å². The molecule has 0 saturated carbocycles. The largest absolute Gasteiger partial charge is 0.418 e. The monoisotopic (exact) mass is 561 g/mol. The van der Waals surface area contributed by atoms with Gasteiger partial charge in [0.1, 0.15) is 11.8 Å². The summed E-state index contributed by atoms with van der Waals surface area (Å²) >= 11 is 1.83. The van der Waals surface area contributed by atoms with E-state index in [1.807, 2.05) is 19.1 Å². The number of nitrogens with zero attached hydrogens (tertiary/aromatic N) is 2. The van der Waals surface area contributed by atoms with E-state index in [0.717, 1.165) is 40.8 Å². The number of aromatic nitrogens is 1. The molecule has 198 valence electrons. The summed E-state index contributed by atoms with van der Waals surface area (Å²) in [4.78, 5) is 53.4. The fraction of sp³-hybridized carbons (Fsp3) is 0.308. The molecule has 1 aromatic heterocycles. The Morgan fingerprint density at radius 2 is 1.68 bits per heavy atom. The number of carbonyl (C=O) groups is 3. The molecule has 1 fully saturated rings. The lowest BCUT2D eigenvalue weighted by Gasteiger charge is -2.36. The van der Waals surface area contributed by atoms with Crippen LogP contribution in [0.25, 0.3) is 0 Å². The molecule has 3 aromatic rings. The highest BCUT2D eigenvalue weighted by molar-refractivity contribution is 8.00. The predicted molar refractivity (Wildman–Crippen MR) is 138 cm³/mol. The highest BCUT2D eigenvalue weighted by Gasteiger charge is 2.60. The first kappa shape index (κ1) is 26.2. The fourth-order valence-electron chi connectivity index (χ4n) is 4.89. The minimum atomic E-state index is -4.77. The SMILES string of the molecule is Cc1ccc(NC(=O)Cn2c3c(sc2=O)C(C)(C)C2C(=O)N(c4ccccc4C(F)(F)F)C(=O)C2S3)cc1. The minimum Gasteiger partial charge on any atom is -0.325 e. The van der Waals surface area contributed by atoms with E-state index in [2.05, 4.69) is 5.32 Å². The summed E-state index contributed by atoms with van der Waals surface area (Å²) in [5.41, 5.74) is -1.06. The number of fused-ring (bicyclic) bond motifs is 2. The average Bonchev–Trinajstić information content (AvgIpc) is 3.29. The van der Waals surface area contributed by atoms with Crippen molar-refractivity contribution >= 4 is 52.2 Å². The lowest BCUT2D eigenvalue weighted by molar-refractivity contribution is -0.137. The number of anilines is 2. The number of alkyl halides is 3. The van der Waals surface area contributed by atoms with Gasteiger partial charge in [-0.25, -0.2) is 4.90 Å². The maximum absolute atomic E-state index is 13.7. The molecule has 38 heavy (non-hydrogen) atoms. The molecular weight excluding hydrogens is 539 g/mol. The van der Waals surface area contributed by atoms with Crippen molar-refractivity contribution in [2.45, 2.75) is 49.2 Å². The van der Waals surface area contributed by atoms with Crippen LogP contribution >= 0.6 is 23.1 Å². The highest BCUT2D eigenvalue weighted by Crippen LogP contribution is 2.55. The third kappa shape index (κ3) is 4.25. The Labute approximate surface area is 223 Å². The molecule has 7 nitrogen and oxygen atoms in total. The second-order valence-electron chi connectivity index (χ2n) is 9.77. The van der Waals surface area contributed by atoms with Crippen LogP contribution in [0, 0.1) is 12.8 Å². The number of hydrogen-bond donors (Lipinski definition) is 1. The van der Waals surface area contributed by atoms with Crippen molar-refractivity contribution in [1.82, 2.24) is 4.57 Å². The molecule has 5 rings (SSSR count). The maximum Gasteiger partial charge on any atom is 0.418 e. The third-order valence-electron chi connectivity index (χ3n) is 6.79. The van der Waals surface area contributed by atoms with Gasteiger partial charge in [-0.15, -0.1) is 0 Å². The molecule has 3 heterocycles. The van der Waals surface area contributed by atoms with Crippen LogP contribution in [0.3, 0.4) is 0 Å². The van der Waals surface area contributed by atoms with E-state index < -0.39 is 56.6 Å². The van der Waals surface area contributed by atoms with Gasteiger partial charge in [0, 0.05) is 16.0 Å². The first-order valence-electron chi connectivity index (χ1n) is 11.6. The molecule has 2 unspecified atom stereocenters. The highest BCUT2D eigenvalue weighted by atomic mass is 32.2. The molecule has 2 atom stereocenters. The van der Waals surface area contributed by atoms with Crippen LogP contribution in [0.5, 0.6) is 0 Å². The topological polar surface area (TPSA) is 88.5 Å². The van der Waals surface area contributed by atoms with Crippen molar-refractivity contribution < 1.29 is 27.6 Å². The number of thioether (sulfide) groups is 1. The molecular formula is C26H22F3N3O4S2. The van der Waals surface area contributed by atoms with Gasteiger partial charge in [0.25, 0.3) is 0 Å². The van der Waals surface area contributed by atoms with Crippen molar-refractivity contribution in [3.05, 3.63) is 74.2 Å². The Morgan fingerprint density at radius 1 is 1.03 bits per heavy atom. The number of amides is 3. The van der Waals surface area contributed by atoms with Gasteiger partial charge in [0.15, 0.2) is 0 Å². The maximum atomic E-state index is 13.7. The van der Waals surface area contributed by atoms with Crippen molar-refractivity contribution in [3.63, 3.8) is 0 Å². The van der Waals surface area contributed by atoms with E-state index in [1.165, 1.54) is 16.7 Å². The minimum absolute atomic E-state index is 0.318. The molecule has 1 N–H and O–H groups in total. The summed E-state index contributed by atoms with van der Waals surface area (Å²) in [6, 6.07) is 11.6. The summed E-state index contributed by atoms with van der Waals surface area (Å²) < 4.78 is 42.4. The van der Waals surface area contributed by atoms with Gasteiger partial charge in [-0.1, -0.05) is 66.8 Å². The van der Waals surface area contributed by atoms with Gasteiger partial charge in [0.2, 0.25) is 17.7 Å². The number of halogens is 3. The van der Waals surface area contributed by atoms with Crippen LogP contribution in [0.15, 0.2) is 58.4 Å². The lowest BCUT2D eigenvalue weighted by atomic mass is 9.76. The molecule has 1 saturated heterocycles. The first-order valence-corrected chi connectivity index (χ1v) is 13.3. The third-order valence-corrected chi connectivity index (χ3v) is 9.61. The molecule has 2 aromatic carbocycles. The number of nitrogens with one attached hydrogen (secondary N) is 1. The van der Waals surface area contributed by atoms with Crippen molar-refractivity contribution in [3.8, 4) is 0 Å². The van der Waals surface area contributed by atoms with E-state index in [9.17, 15) is 32.3 Å². The Hall–Kier alpha value is -3.38. The fourth-order valence-corrected chi connectivity index (χ4v) is 7.93. The average molecular weight is 562 g/mol. The number of hydrogen-bond acceptors (Lipinski definition) is 6. The number of aryl methyl sites for hydroxylation is 1. The van der Waals surface area contributed by atoms with Crippen LogP contribution in [0.2, 0.25) is 0 Å². The number of imide groups is 1. The van der Waals surface area contributed by atoms with E-state index in [1.54, 1.807) is 26.0 Å². The zero-order chi connectivity index (χ0) is 27.6. The van der Waals surface area contributed by atoms with Gasteiger partial charge in [-0.2, -0.15) is 13.2 Å². The van der Waals surface area contributed by atoms with Crippen LogP contribution < -0.4 is 15.1 Å². The van der Waals surface area contributed by atoms with Gasteiger partial charge < -0.3 is 5.32 Å². The second-order valence-corrected chi connectivity index (χ2v) is 11.9. The predicted octanol–water partition coefficient (Wildman–Crippen LogP) is 4.82. The Balaban J connectivity index is 1.49. The Kier molecular flexibility index (Phi) is 6.30. The molecule has 3 amide bonds. The molecule has 0 bridgehead atoms. The summed E-state index contributed by atoms with van der Waals surface area (Å²) in [5, 5.41) is 2.06. The normalized spacial score (nSPS) is 20.3. The molecule has 0 spiro atoms. The molecule has 0 radical (unpaired) electrons. The van der Waals surface area contributed by atoms with Crippen LogP contribution in [0.4, 0.5) is 24.5 Å². The molecule has 12 heteroatoms. The Bertz CT molecular complexity index is 1530. The van der Waals surface area contributed by atoms with Crippen molar-refractivity contribution in [2.24, 2.45) is 5.92 Å². The summed E-state index contributed by atoms with van der Waals surface area (Å²) in [6.07, 6.45) is -4.77. The Morgan fingerprint density at radius 3 is 2.34 bits per heavy atom. The zero-order valence-electron chi connectivity index (χ0n) is 20.5. The number of benzene rings is 2. The number of rotatable bonds is 4. The smallest absolute Gasteiger partial charge is 0.325 e. The first-order chi connectivity index (χ1) is 17.8. The van der Waals surface area contributed by atoms with Crippen molar-refractivity contribution in [2.75, 3.05) is 10.2 Å². The number of thiazole rings is 1. The molecule has 2 aliphatic rings. The van der Waals surface area contributed by atoms with Crippen LogP contribution in [0.1, 0.15) is 29.9 Å². The van der Waals surface area contributed by atoms with Gasteiger partial charge in [-0.3, -0.25) is 23.7 Å². The standard InChI is InChI=1S/C26H22F3N3O4S2/c1-13-8-10-14(11-9-13)30-17(33)12-31-23-20(38-24(31)36)25(2,3)18-19(37-23)22(35)32(21(18)34)16-7-5-4-6-15(16)26(27,28)29/h4-11,18-19H,12H2,1-3H3,(H,30,33). The van der Waals surface area contributed by atoms with E-state index in [0.29, 0.717) is 20.5 Å². The molecule has 0 aliphatic carbocycles. The van der Waals surface area contributed by atoms with E-state index in [-0.39, 0.29) is 6.54 Å². The van der Waals surface area contributed by atoms with Gasteiger partial charge >= 0.3 is 11.0 Å². The van der Waals surface area contributed by atoms with Crippen LogP contribution in [-0.4, -0.2) is 27.5 Å². The van der Waals surface area contributed by atoms with Gasteiger partial charge in [0.05, 0.1) is 22.2 Å². The molecule has 2 aliphatic heterocycles. The van der Waals surface area contributed by atoms with E-state index in [4.69, 9.17) is 0 Å². The summed E-state index contributed by atoms with van der Waals surface area (Å²) in [5.74, 6) is -2.97. The second kappa shape index (κ2) is 9.12. The quantitative estimate of drug-likeness (QED) is 0.462. The number of para-hydroxylation sites is 1. The van der Waals surface area contributed by atoms with Crippen molar-refractivity contribution in [1.29, 1.82) is 0 Å². The zero-order valence-corrected chi connectivity index (χ0v) is 22.1. The van der Waals surface area contributed by atoms with Gasteiger partial charge in [-0.05, 0) is 31.2 Å². The number of carbonyl (C=O) groups excluding carboxylic acids is 3. The lowest BCUT2D eigenvalue weighted by Crippen LogP contribution is -2.42. The summed E-state index contributed by atoms with van der Waals surface area (Å²) in [6.45, 7) is 4.98. The summed E-state index contributed by atoms with van der Waals surface area (Å²) in [7, 11) is 0.